The van der Waals surface area contributed by atoms with Crippen LogP contribution >= 0.6 is 0 Å². The summed E-state index contributed by atoms with van der Waals surface area (Å²) in [5.74, 6) is -1.32. The van der Waals surface area contributed by atoms with Crippen LogP contribution in [0.5, 0.6) is 0 Å². The predicted octanol–water partition coefficient (Wildman–Crippen LogP) is 3.24. The smallest absolute Gasteiger partial charge is 0.386 e. The topological polar surface area (TPSA) is 49.3 Å². The molecule has 128 valence electrons. The van der Waals surface area contributed by atoms with Gasteiger partial charge >= 0.3 is 6.18 Å². The number of halogens is 4. The third-order valence-electron chi connectivity index (χ3n) is 3.43. The van der Waals surface area contributed by atoms with Crippen molar-refractivity contribution in [3.8, 4) is 0 Å². The van der Waals surface area contributed by atoms with Crippen LogP contribution in [0.1, 0.15) is 22.8 Å². The molecule has 3 nitrogen and oxygen atoms in total. The SMILES string of the molecule is O=C(Cc1ccccc1C(F)(F)F)NCC(O)c1ccccc1F. The molecule has 0 aliphatic carbocycles. The molecule has 1 unspecified atom stereocenters. The molecule has 2 rings (SSSR count). The Morgan fingerprint density at radius 1 is 1.08 bits per heavy atom. The molecule has 2 aromatic carbocycles. The maximum absolute atomic E-state index is 13.5. The summed E-state index contributed by atoms with van der Waals surface area (Å²) >= 11 is 0. The first-order valence-electron chi connectivity index (χ1n) is 7.13. The van der Waals surface area contributed by atoms with E-state index in [1.807, 2.05) is 0 Å². The van der Waals surface area contributed by atoms with E-state index in [2.05, 4.69) is 5.32 Å². The van der Waals surface area contributed by atoms with E-state index in [4.69, 9.17) is 0 Å². The Bertz CT molecular complexity index is 716. The first kappa shape index (κ1) is 17.9. The van der Waals surface area contributed by atoms with Crippen LogP contribution in [0, 0.1) is 5.82 Å². The Morgan fingerprint density at radius 2 is 1.71 bits per heavy atom. The summed E-state index contributed by atoms with van der Waals surface area (Å²) in [5.41, 5.74) is -1.04. The van der Waals surface area contributed by atoms with E-state index in [1.165, 1.54) is 42.5 Å². The second kappa shape index (κ2) is 7.44. The number of carbonyl (C=O) groups is 1. The molecule has 1 amide bonds. The van der Waals surface area contributed by atoms with Crippen molar-refractivity contribution in [2.24, 2.45) is 0 Å². The number of hydrogen-bond acceptors (Lipinski definition) is 2. The maximum Gasteiger partial charge on any atom is 0.416 e. The number of carbonyl (C=O) groups excluding carboxylic acids is 1. The summed E-state index contributed by atoms with van der Waals surface area (Å²) in [5, 5.41) is 12.2. The van der Waals surface area contributed by atoms with Gasteiger partial charge in [-0.05, 0) is 17.7 Å². The molecule has 1 atom stereocenters. The van der Waals surface area contributed by atoms with Crippen LogP contribution < -0.4 is 5.32 Å². The number of benzene rings is 2. The Morgan fingerprint density at radius 3 is 2.38 bits per heavy atom. The number of rotatable bonds is 5. The van der Waals surface area contributed by atoms with Gasteiger partial charge in [-0.25, -0.2) is 4.39 Å². The van der Waals surface area contributed by atoms with Gasteiger partial charge in [0.05, 0.1) is 18.1 Å². The van der Waals surface area contributed by atoms with E-state index in [0.717, 1.165) is 6.07 Å². The molecule has 0 saturated carbocycles. The van der Waals surface area contributed by atoms with E-state index in [9.17, 15) is 27.5 Å². The van der Waals surface area contributed by atoms with Crippen LogP contribution in [0.4, 0.5) is 17.6 Å². The van der Waals surface area contributed by atoms with Crippen LogP contribution in [0.25, 0.3) is 0 Å². The number of hydrogen-bond donors (Lipinski definition) is 2. The minimum atomic E-state index is -4.55. The standard InChI is InChI=1S/C17H15F4NO2/c18-14-8-4-2-6-12(14)15(23)10-22-16(24)9-11-5-1-3-7-13(11)17(19,20)21/h1-8,15,23H,9-10H2,(H,22,24). The molecule has 0 fully saturated rings. The highest BCUT2D eigenvalue weighted by atomic mass is 19.4. The van der Waals surface area contributed by atoms with Gasteiger partial charge in [-0.2, -0.15) is 13.2 Å². The molecule has 24 heavy (non-hydrogen) atoms. The average Bonchev–Trinajstić information content (AvgIpc) is 2.52. The summed E-state index contributed by atoms with van der Waals surface area (Å²) in [4.78, 5) is 11.8. The van der Waals surface area contributed by atoms with Gasteiger partial charge in [-0.1, -0.05) is 36.4 Å². The number of aliphatic hydroxyl groups excluding tert-OH is 1. The molecule has 0 bridgehead atoms. The zero-order valence-electron chi connectivity index (χ0n) is 12.5. The Balaban J connectivity index is 1.99. The second-order valence-electron chi connectivity index (χ2n) is 5.17. The van der Waals surface area contributed by atoms with E-state index >= 15 is 0 Å². The van der Waals surface area contributed by atoms with Gasteiger partial charge in [0.2, 0.25) is 5.91 Å². The highest BCUT2D eigenvalue weighted by molar-refractivity contribution is 5.79. The minimum Gasteiger partial charge on any atom is -0.386 e. The van der Waals surface area contributed by atoms with E-state index in [0.29, 0.717) is 0 Å². The molecule has 0 aliphatic rings. The van der Waals surface area contributed by atoms with Gasteiger partial charge in [-0.3, -0.25) is 4.79 Å². The molecule has 7 heteroatoms. The van der Waals surface area contributed by atoms with Gasteiger partial charge in [0, 0.05) is 12.1 Å². The van der Waals surface area contributed by atoms with Crippen LogP contribution in [0.3, 0.4) is 0 Å². The Labute approximate surface area is 135 Å². The fraction of sp³-hybridized carbons (Fsp3) is 0.235. The summed E-state index contributed by atoms with van der Waals surface area (Å²) in [6.45, 7) is -0.298. The monoisotopic (exact) mass is 341 g/mol. The number of aliphatic hydroxyl groups is 1. The van der Waals surface area contributed by atoms with Gasteiger partial charge < -0.3 is 10.4 Å². The van der Waals surface area contributed by atoms with Crippen molar-refractivity contribution >= 4 is 5.91 Å². The first-order chi connectivity index (χ1) is 11.3. The summed E-state index contributed by atoms with van der Waals surface area (Å²) in [6.07, 6.45) is -6.32. The summed E-state index contributed by atoms with van der Waals surface area (Å²) in [6, 6.07) is 10.3. The second-order valence-corrected chi connectivity index (χ2v) is 5.17. The molecule has 0 aliphatic heterocycles. The van der Waals surface area contributed by atoms with Gasteiger partial charge in [0.1, 0.15) is 5.82 Å². The van der Waals surface area contributed by atoms with Crippen molar-refractivity contribution in [2.75, 3.05) is 6.54 Å². The zero-order valence-corrected chi connectivity index (χ0v) is 12.5. The van der Waals surface area contributed by atoms with Gasteiger partial charge in [0.25, 0.3) is 0 Å². The predicted molar refractivity (Wildman–Crippen MR) is 79.5 cm³/mol. The molecule has 0 radical (unpaired) electrons. The van der Waals surface area contributed by atoms with E-state index in [1.54, 1.807) is 0 Å². The van der Waals surface area contributed by atoms with Crippen molar-refractivity contribution in [3.05, 3.63) is 71.0 Å². The Hall–Kier alpha value is -2.41. The lowest BCUT2D eigenvalue weighted by Gasteiger charge is -2.15. The first-order valence-corrected chi connectivity index (χ1v) is 7.13. The van der Waals surface area contributed by atoms with Crippen molar-refractivity contribution in [3.63, 3.8) is 0 Å². The lowest BCUT2D eigenvalue weighted by atomic mass is 10.0. The lowest BCUT2D eigenvalue weighted by Crippen LogP contribution is -2.30. The van der Waals surface area contributed by atoms with Crippen LogP contribution in [-0.2, 0) is 17.4 Å². The van der Waals surface area contributed by atoms with Crippen molar-refractivity contribution in [1.29, 1.82) is 0 Å². The average molecular weight is 341 g/mol. The fourth-order valence-electron chi connectivity index (χ4n) is 2.25. The highest BCUT2D eigenvalue weighted by Crippen LogP contribution is 2.32. The molecule has 0 heterocycles. The minimum absolute atomic E-state index is 0.00786. The highest BCUT2D eigenvalue weighted by Gasteiger charge is 2.33. The van der Waals surface area contributed by atoms with Crippen molar-refractivity contribution in [1.82, 2.24) is 5.32 Å². The summed E-state index contributed by atoms with van der Waals surface area (Å²) < 4.78 is 52.1. The third-order valence-corrected chi connectivity index (χ3v) is 3.43. The van der Waals surface area contributed by atoms with E-state index in [-0.39, 0.29) is 17.7 Å². The van der Waals surface area contributed by atoms with Crippen LogP contribution in [0.2, 0.25) is 0 Å². The van der Waals surface area contributed by atoms with Crippen LogP contribution in [0.15, 0.2) is 48.5 Å². The normalized spacial score (nSPS) is 12.7. The van der Waals surface area contributed by atoms with Gasteiger partial charge in [-0.15, -0.1) is 0 Å². The molecule has 0 saturated heterocycles. The lowest BCUT2D eigenvalue weighted by molar-refractivity contribution is -0.138. The number of nitrogens with one attached hydrogen (secondary N) is 1. The van der Waals surface area contributed by atoms with Gasteiger partial charge in [0.15, 0.2) is 0 Å². The van der Waals surface area contributed by atoms with E-state index < -0.39 is 36.0 Å². The summed E-state index contributed by atoms with van der Waals surface area (Å²) in [7, 11) is 0. The largest absolute Gasteiger partial charge is 0.416 e. The molecule has 0 spiro atoms. The van der Waals surface area contributed by atoms with Crippen molar-refractivity contribution < 1.29 is 27.5 Å². The zero-order chi connectivity index (χ0) is 17.7. The molecule has 2 aromatic rings. The molecule has 0 aromatic heterocycles. The van der Waals surface area contributed by atoms with Crippen LogP contribution in [-0.4, -0.2) is 17.6 Å². The number of amides is 1. The molecular weight excluding hydrogens is 326 g/mol. The third kappa shape index (κ3) is 4.55. The quantitative estimate of drug-likeness (QED) is 0.821. The molecular formula is C17H15F4NO2. The Kier molecular flexibility index (Phi) is 5.56. The maximum atomic E-state index is 13.5. The van der Waals surface area contributed by atoms with Crippen molar-refractivity contribution in [2.45, 2.75) is 18.7 Å². The number of alkyl halides is 3. The molecule has 2 N–H and O–H groups in total. The fourth-order valence-corrected chi connectivity index (χ4v) is 2.25.